The van der Waals surface area contributed by atoms with Crippen molar-refractivity contribution in [1.29, 1.82) is 0 Å². The van der Waals surface area contributed by atoms with Gasteiger partial charge in [-0.3, -0.25) is 0 Å². The number of rotatable bonds is 5. The molecule has 202 valence electrons. The van der Waals surface area contributed by atoms with Crippen LogP contribution in [0.5, 0.6) is 0 Å². The molecule has 6 rings (SSSR count). The zero-order valence-electron chi connectivity index (χ0n) is 22.8. The van der Waals surface area contributed by atoms with Gasteiger partial charge >= 0.3 is 6.09 Å². The van der Waals surface area contributed by atoms with Gasteiger partial charge in [-0.25, -0.2) is 9.31 Å². The number of piperidine rings is 1. The molecular weight excluding hydrogens is 478 g/mol. The largest absolute Gasteiger partial charge is 0.441 e. The van der Waals surface area contributed by atoms with E-state index in [4.69, 9.17) is 9.47 Å². The topological polar surface area (TPSA) is 62.5 Å². The second kappa shape index (κ2) is 10.2. The molecule has 0 bridgehead atoms. The highest BCUT2D eigenvalue weighted by molar-refractivity contribution is 5.80. The average molecular weight is 518 g/mol. The lowest BCUT2D eigenvalue weighted by Crippen LogP contribution is -2.51. The van der Waals surface area contributed by atoms with Crippen LogP contribution < -0.4 is 4.90 Å². The molecule has 1 amide bonds. The van der Waals surface area contributed by atoms with Crippen LogP contribution in [0, 0.1) is 0 Å². The number of amides is 1. The standard InChI is InChI=1S/C30H39N5O3/c1-22(2)32-12-9-30(3,10-13-32)25-6-4-23(5-7-25)24-18-28-27(8-11-31-35(28)19-24)33-14-16-34(17-15-33)29(36)38-26-20-37-21-26/h4-8,11,18-19,22,26H,9-10,12-17,20-21H2,1-3H3. The van der Waals surface area contributed by atoms with Crippen molar-refractivity contribution in [2.75, 3.05) is 57.4 Å². The van der Waals surface area contributed by atoms with Crippen molar-refractivity contribution in [3.05, 3.63) is 54.4 Å². The van der Waals surface area contributed by atoms with Gasteiger partial charge in [0.2, 0.25) is 0 Å². The maximum absolute atomic E-state index is 12.4. The van der Waals surface area contributed by atoms with Crippen molar-refractivity contribution in [1.82, 2.24) is 19.4 Å². The van der Waals surface area contributed by atoms with Crippen LogP contribution in [-0.2, 0) is 14.9 Å². The van der Waals surface area contributed by atoms with Crippen molar-refractivity contribution in [3.8, 4) is 11.1 Å². The van der Waals surface area contributed by atoms with Gasteiger partial charge in [0.05, 0.1) is 24.4 Å². The Kier molecular flexibility index (Phi) is 6.78. The Morgan fingerprint density at radius 3 is 2.34 bits per heavy atom. The van der Waals surface area contributed by atoms with E-state index in [1.807, 2.05) is 10.7 Å². The van der Waals surface area contributed by atoms with E-state index in [0.29, 0.717) is 32.3 Å². The van der Waals surface area contributed by atoms with Crippen molar-refractivity contribution in [2.24, 2.45) is 0 Å². The molecule has 3 aliphatic heterocycles. The highest BCUT2D eigenvalue weighted by Gasteiger charge is 2.32. The number of ether oxygens (including phenoxy) is 2. The SMILES string of the molecule is CC(C)N1CCC(C)(c2ccc(-c3cc4c(N5CCN(C(=O)OC6COC6)CC5)ccnn4c3)cc2)CC1. The molecule has 8 nitrogen and oxygen atoms in total. The summed E-state index contributed by atoms with van der Waals surface area (Å²) < 4.78 is 12.6. The lowest BCUT2D eigenvalue weighted by molar-refractivity contribution is -0.104. The number of carbonyl (C=O) groups excluding carboxylic acids is 1. The van der Waals surface area contributed by atoms with Crippen LogP contribution in [0.3, 0.4) is 0 Å². The summed E-state index contributed by atoms with van der Waals surface area (Å²) in [7, 11) is 0. The van der Waals surface area contributed by atoms with E-state index in [1.54, 1.807) is 4.90 Å². The van der Waals surface area contributed by atoms with Crippen LogP contribution in [0.2, 0.25) is 0 Å². The van der Waals surface area contributed by atoms with Crippen molar-refractivity contribution >= 4 is 17.3 Å². The highest BCUT2D eigenvalue weighted by atomic mass is 16.6. The first-order valence-electron chi connectivity index (χ1n) is 14.0. The van der Waals surface area contributed by atoms with Crippen LogP contribution in [0.1, 0.15) is 39.2 Å². The molecule has 5 heterocycles. The molecule has 38 heavy (non-hydrogen) atoms. The van der Waals surface area contributed by atoms with Crippen LogP contribution in [0.4, 0.5) is 10.5 Å². The van der Waals surface area contributed by atoms with Crippen LogP contribution in [0.15, 0.2) is 48.8 Å². The Morgan fingerprint density at radius 2 is 1.71 bits per heavy atom. The number of nitrogens with zero attached hydrogens (tertiary/aromatic N) is 5. The molecule has 0 saturated carbocycles. The van der Waals surface area contributed by atoms with Gasteiger partial charge in [-0.15, -0.1) is 0 Å². The fraction of sp³-hybridized carbons (Fsp3) is 0.533. The predicted molar refractivity (Wildman–Crippen MR) is 149 cm³/mol. The Hall–Kier alpha value is -3.10. The number of hydrogen-bond acceptors (Lipinski definition) is 6. The Labute approximate surface area is 225 Å². The molecule has 2 aromatic heterocycles. The summed E-state index contributed by atoms with van der Waals surface area (Å²) in [6.45, 7) is 13.2. The molecule has 0 spiro atoms. The molecule has 3 saturated heterocycles. The van der Waals surface area contributed by atoms with Crippen LogP contribution >= 0.6 is 0 Å². The molecule has 3 aromatic rings. The smallest absolute Gasteiger partial charge is 0.410 e. The first-order valence-corrected chi connectivity index (χ1v) is 14.0. The lowest BCUT2D eigenvalue weighted by atomic mass is 9.74. The van der Waals surface area contributed by atoms with E-state index in [9.17, 15) is 4.79 Å². The monoisotopic (exact) mass is 517 g/mol. The molecule has 8 heteroatoms. The molecule has 0 unspecified atom stereocenters. The summed E-state index contributed by atoms with van der Waals surface area (Å²) in [6.07, 6.45) is 6.06. The van der Waals surface area contributed by atoms with Gasteiger partial charge in [0.1, 0.15) is 0 Å². The number of benzene rings is 1. The number of aromatic nitrogens is 2. The van der Waals surface area contributed by atoms with E-state index in [1.165, 1.54) is 42.6 Å². The average Bonchev–Trinajstić information content (AvgIpc) is 3.36. The molecular formula is C30H39N5O3. The Balaban J connectivity index is 1.15. The number of hydrogen-bond donors (Lipinski definition) is 0. The quantitative estimate of drug-likeness (QED) is 0.499. The summed E-state index contributed by atoms with van der Waals surface area (Å²) in [5, 5.41) is 4.59. The minimum Gasteiger partial charge on any atom is -0.441 e. The van der Waals surface area contributed by atoms with Gasteiger partial charge in [0.15, 0.2) is 6.10 Å². The van der Waals surface area contributed by atoms with Gasteiger partial charge in [0, 0.05) is 50.2 Å². The summed E-state index contributed by atoms with van der Waals surface area (Å²) in [5.74, 6) is 0. The zero-order valence-corrected chi connectivity index (χ0v) is 22.8. The second-order valence-corrected chi connectivity index (χ2v) is 11.6. The van der Waals surface area contributed by atoms with Crippen LogP contribution in [-0.4, -0.2) is 90.1 Å². The number of likely N-dealkylation sites (tertiary alicyclic amines) is 1. The first-order chi connectivity index (χ1) is 18.4. The van der Waals surface area contributed by atoms with Crippen LogP contribution in [0.25, 0.3) is 16.6 Å². The van der Waals surface area contributed by atoms with Gasteiger partial charge in [-0.05, 0) is 68.5 Å². The normalized spacial score (nSPS) is 20.6. The first kappa shape index (κ1) is 25.2. The van der Waals surface area contributed by atoms with Gasteiger partial charge in [-0.1, -0.05) is 31.2 Å². The van der Waals surface area contributed by atoms with E-state index in [-0.39, 0.29) is 17.6 Å². The van der Waals surface area contributed by atoms with Gasteiger partial charge in [0.25, 0.3) is 0 Å². The molecule has 1 aromatic carbocycles. The minimum absolute atomic E-state index is 0.0886. The fourth-order valence-electron chi connectivity index (χ4n) is 5.94. The molecule has 0 radical (unpaired) electrons. The van der Waals surface area contributed by atoms with Crippen molar-refractivity contribution in [2.45, 2.75) is 51.2 Å². The Bertz CT molecular complexity index is 1270. The van der Waals surface area contributed by atoms with Crippen molar-refractivity contribution < 1.29 is 14.3 Å². The molecule has 3 aliphatic rings. The number of piperazine rings is 1. The molecule has 0 aliphatic carbocycles. The minimum atomic E-state index is -0.231. The van der Waals surface area contributed by atoms with E-state index in [2.05, 4.69) is 78.3 Å². The summed E-state index contributed by atoms with van der Waals surface area (Å²) in [5.41, 5.74) is 6.29. The Morgan fingerprint density at radius 1 is 1.00 bits per heavy atom. The summed E-state index contributed by atoms with van der Waals surface area (Å²) >= 11 is 0. The third-order valence-electron chi connectivity index (χ3n) is 8.79. The third-order valence-corrected chi connectivity index (χ3v) is 8.79. The number of carbonyl (C=O) groups is 1. The van der Waals surface area contributed by atoms with Gasteiger partial charge < -0.3 is 24.2 Å². The second-order valence-electron chi connectivity index (χ2n) is 11.6. The van der Waals surface area contributed by atoms with Gasteiger partial charge in [-0.2, -0.15) is 5.10 Å². The number of anilines is 1. The van der Waals surface area contributed by atoms with E-state index >= 15 is 0 Å². The maximum Gasteiger partial charge on any atom is 0.410 e. The number of fused-ring (bicyclic) bond motifs is 1. The molecule has 3 fully saturated rings. The molecule has 0 N–H and O–H groups in total. The highest BCUT2D eigenvalue weighted by Crippen LogP contribution is 2.37. The van der Waals surface area contributed by atoms with E-state index < -0.39 is 0 Å². The molecule has 0 atom stereocenters. The third kappa shape index (κ3) is 4.87. The fourth-order valence-corrected chi connectivity index (χ4v) is 5.94. The zero-order chi connectivity index (χ0) is 26.3. The maximum atomic E-state index is 12.4. The van der Waals surface area contributed by atoms with E-state index in [0.717, 1.165) is 24.3 Å². The summed E-state index contributed by atoms with van der Waals surface area (Å²) in [4.78, 5) is 19.1. The lowest BCUT2D eigenvalue weighted by Gasteiger charge is -2.41. The van der Waals surface area contributed by atoms with Crippen molar-refractivity contribution in [3.63, 3.8) is 0 Å². The predicted octanol–water partition coefficient (Wildman–Crippen LogP) is 4.42. The summed E-state index contributed by atoms with van der Waals surface area (Å²) in [6, 6.07) is 14.1.